The molecular weight excluding hydrogens is 219 g/mol. The molecule has 1 aliphatic heterocycles. The molecule has 1 fully saturated rings. The second-order valence-corrected chi connectivity index (χ2v) is 4.38. The van der Waals surface area contributed by atoms with Gasteiger partial charge in [-0.3, -0.25) is 0 Å². The Balaban J connectivity index is 1.89. The Morgan fingerprint density at radius 1 is 1.24 bits per heavy atom. The summed E-state index contributed by atoms with van der Waals surface area (Å²) >= 11 is 0. The first kappa shape index (κ1) is 10.6. The van der Waals surface area contributed by atoms with Gasteiger partial charge in [-0.05, 0) is 38.1 Å². The summed E-state index contributed by atoms with van der Waals surface area (Å²) in [4.78, 5) is 3.04. The molecule has 90 valence electrons. The van der Waals surface area contributed by atoms with Gasteiger partial charge < -0.3 is 15.0 Å². The molecular formula is C13H15FN2O. The van der Waals surface area contributed by atoms with Crippen LogP contribution in [0.25, 0.3) is 10.9 Å². The SMILES string of the molecule is Fc1cccc2[nH]cc(OC3CCNCC3)c12. The molecule has 2 aromatic rings. The third-order valence-corrected chi connectivity index (χ3v) is 3.20. The summed E-state index contributed by atoms with van der Waals surface area (Å²) in [6, 6.07) is 5.02. The van der Waals surface area contributed by atoms with Crippen LogP contribution in [-0.4, -0.2) is 24.2 Å². The van der Waals surface area contributed by atoms with Gasteiger partial charge in [0.15, 0.2) is 0 Å². The number of H-pyrrole nitrogens is 1. The van der Waals surface area contributed by atoms with E-state index in [9.17, 15) is 4.39 Å². The fraction of sp³-hybridized carbons (Fsp3) is 0.385. The summed E-state index contributed by atoms with van der Waals surface area (Å²) in [6.45, 7) is 1.94. The number of benzene rings is 1. The van der Waals surface area contributed by atoms with E-state index in [2.05, 4.69) is 10.3 Å². The van der Waals surface area contributed by atoms with Crippen molar-refractivity contribution in [2.45, 2.75) is 18.9 Å². The number of aromatic nitrogens is 1. The average Bonchev–Trinajstić information content (AvgIpc) is 2.75. The fourth-order valence-corrected chi connectivity index (χ4v) is 2.30. The average molecular weight is 234 g/mol. The first-order valence-electron chi connectivity index (χ1n) is 5.97. The number of hydrogen-bond donors (Lipinski definition) is 2. The van der Waals surface area contributed by atoms with E-state index in [1.54, 1.807) is 12.3 Å². The molecule has 0 unspecified atom stereocenters. The van der Waals surface area contributed by atoms with Gasteiger partial charge in [0.1, 0.15) is 17.7 Å². The van der Waals surface area contributed by atoms with Crippen molar-refractivity contribution in [1.82, 2.24) is 10.3 Å². The largest absolute Gasteiger partial charge is 0.488 e. The minimum absolute atomic E-state index is 0.190. The zero-order valence-corrected chi connectivity index (χ0v) is 9.50. The Kier molecular flexibility index (Phi) is 2.73. The number of fused-ring (bicyclic) bond motifs is 1. The van der Waals surface area contributed by atoms with Gasteiger partial charge in [0.2, 0.25) is 0 Å². The molecule has 4 heteroatoms. The van der Waals surface area contributed by atoms with Gasteiger partial charge in [0.25, 0.3) is 0 Å². The molecule has 0 atom stereocenters. The third-order valence-electron chi connectivity index (χ3n) is 3.20. The van der Waals surface area contributed by atoms with Crippen molar-refractivity contribution in [2.75, 3.05) is 13.1 Å². The molecule has 0 amide bonds. The van der Waals surface area contributed by atoms with E-state index >= 15 is 0 Å². The number of ether oxygens (including phenoxy) is 1. The van der Waals surface area contributed by atoms with Crippen LogP contribution in [0.4, 0.5) is 4.39 Å². The lowest BCUT2D eigenvalue weighted by Gasteiger charge is -2.23. The smallest absolute Gasteiger partial charge is 0.147 e. The molecule has 2 heterocycles. The Labute approximate surface area is 99.0 Å². The zero-order valence-electron chi connectivity index (χ0n) is 9.50. The lowest BCUT2D eigenvalue weighted by atomic mass is 10.1. The molecule has 3 nitrogen and oxygen atoms in total. The lowest BCUT2D eigenvalue weighted by molar-refractivity contribution is 0.164. The van der Waals surface area contributed by atoms with Crippen molar-refractivity contribution in [2.24, 2.45) is 0 Å². The maximum absolute atomic E-state index is 13.7. The summed E-state index contributed by atoms with van der Waals surface area (Å²) in [5.74, 6) is 0.401. The van der Waals surface area contributed by atoms with E-state index in [0.717, 1.165) is 31.4 Å². The van der Waals surface area contributed by atoms with Crippen molar-refractivity contribution in [1.29, 1.82) is 0 Å². The molecule has 2 N–H and O–H groups in total. The van der Waals surface area contributed by atoms with Crippen molar-refractivity contribution < 1.29 is 9.13 Å². The van der Waals surface area contributed by atoms with Gasteiger partial charge >= 0.3 is 0 Å². The summed E-state index contributed by atoms with van der Waals surface area (Å²) < 4.78 is 19.6. The number of hydrogen-bond acceptors (Lipinski definition) is 2. The Morgan fingerprint density at radius 2 is 2.06 bits per heavy atom. The molecule has 0 bridgehead atoms. The molecule has 1 aromatic heterocycles. The molecule has 1 aliphatic rings. The molecule has 0 saturated carbocycles. The highest BCUT2D eigenvalue weighted by Crippen LogP contribution is 2.29. The highest BCUT2D eigenvalue weighted by atomic mass is 19.1. The highest BCUT2D eigenvalue weighted by Gasteiger charge is 2.17. The van der Waals surface area contributed by atoms with Crippen LogP contribution in [0, 0.1) is 5.82 Å². The Hall–Kier alpha value is -1.55. The van der Waals surface area contributed by atoms with E-state index < -0.39 is 0 Å². The van der Waals surface area contributed by atoms with Gasteiger partial charge in [-0.2, -0.15) is 0 Å². The Morgan fingerprint density at radius 3 is 2.88 bits per heavy atom. The van der Waals surface area contributed by atoms with Gasteiger partial charge in [-0.15, -0.1) is 0 Å². The topological polar surface area (TPSA) is 37.0 Å². The fourth-order valence-electron chi connectivity index (χ4n) is 2.30. The third kappa shape index (κ3) is 2.00. The molecule has 1 saturated heterocycles. The van der Waals surface area contributed by atoms with Crippen LogP contribution in [0.2, 0.25) is 0 Å². The summed E-state index contributed by atoms with van der Waals surface area (Å²) in [5, 5.41) is 3.84. The van der Waals surface area contributed by atoms with Gasteiger partial charge in [-0.1, -0.05) is 6.07 Å². The van der Waals surface area contributed by atoms with Crippen molar-refractivity contribution in [3.63, 3.8) is 0 Å². The number of aromatic amines is 1. The highest BCUT2D eigenvalue weighted by molar-refractivity contribution is 5.86. The molecule has 0 spiro atoms. The minimum atomic E-state index is -0.229. The zero-order chi connectivity index (χ0) is 11.7. The number of piperidine rings is 1. The summed E-state index contributed by atoms with van der Waals surface area (Å²) in [6.07, 6.45) is 3.88. The standard InChI is InChI=1S/C13H15FN2O/c14-10-2-1-3-11-13(10)12(8-16-11)17-9-4-6-15-7-5-9/h1-3,8-9,15-16H,4-7H2. The number of nitrogens with one attached hydrogen (secondary N) is 2. The number of rotatable bonds is 2. The normalized spacial score (nSPS) is 17.5. The van der Waals surface area contributed by atoms with Crippen molar-refractivity contribution in [3.8, 4) is 5.75 Å². The molecule has 0 aliphatic carbocycles. The monoisotopic (exact) mass is 234 g/mol. The second kappa shape index (κ2) is 4.37. The van der Waals surface area contributed by atoms with E-state index in [0.29, 0.717) is 11.1 Å². The lowest BCUT2D eigenvalue weighted by Crippen LogP contribution is -2.34. The first-order chi connectivity index (χ1) is 8.34. The van der Waals surface area contributed by atoms with Gasteiger partial charge in [-0.25, -0.2) is 4.39 Å². The van der Waals surface area contributed by atoms with Crippen LogP contribution in [0.1, 0.15) is 12.8 Å². The quantitative estimate of drug-likeness (QED) is 0.837. The maximum Gasteiger partial charge on any atom is 0.147 e. The second-order valence-electron chi connectivity index (χ2n) is 4.38. The van der Waals surface area contributed by atoms with Crippen LogP contribution < -0.4 is 10.1 Å². The Bertz CT molecular complexity index is 517. The van der Waals surface area contributed by atoms with Crippen molar-refractivity contribution >= 4 is 10.9 Å². The van der Waals surface area contributed by atoms with E-state index in [4.69, 9.17) is 4.74 Å². The molecule has 17 heavy (non-hydrogen) atoms. The van der Waals surface area contributed by atoms with Crippen LogP contribution in [0.5, 0.6) is 5.75 Å². The maximum atomic E-state index is 13.7. The first-order valence-corrected chi connectivity index (χ1v) is 5.97. The van der Waals surface area contributed by atoms with Crippen LogP contribution >= 0.6 is 0 Å². The number of halogens is 1. The van der Waals surface area contributed by atoms with Crippen LogP contribution in [0.15, 0.2) is 24.4 Å². The predicted octanol–water partition coefficient (Wildman–Crippen LogP) is 2.44. The van der Waals surface area contributed by atoms with E-state index in [-0.39, 0.29) is 11.9 Å². The molecule has 1 aromatic carbocycles. The minimum Gasteiger partial charge on any atom is -0.488 e. The van der Waals surface area contributed by atoms with Gasteiger partial charge in [0.05, 0.1) is 10.9 Å². The van der Waals surface area contributed by atoms with E-state index in [1.807, 2.05) is 6.07 Å². The molecule has 0 radical (unpaired) electrons. The van der Waals surface area contributed by atoms with Crippen LogP contribution in [0.3, 0.4) is 0 Å². The van der Waals surface area contributed by atoms with Crippen LogP contribution in [-0.2, 0) is 0 Å². The predicted molar refractivity (Wildman–Crippen MR) is 64.8 cm³/mol. The molecule has 3 rings (SSSR count). The van der Waals surface area contributed by atoms with E-state index in [1.165, 1.54) is 6.07 Å². The summed E-state index contributed by atoms with van der Waals surface area (Å²) in [5.41, 5.74) is 0.786. The van der Waals surface area contributed by atoms with Crippen molar-refractivity contribution in [3.05, 3.63) is 30.2 Å². The van der Waals surface area contributed by atoms with Gasteiger partial charge in [0, 0.05) is 6.20 Å². The summed E-state index contributed by atoms with van der Waals surface area (Å²) in [7, 11) is 0.